The van der Waals surface area contributed by atoms with Crippen LogP contribution in [0.15, 0.2) is 5.18 Å². The number of nitrogens with zero attached hydrogens (tertiary/aromatic N) is 1. The molecule has 20 heavy (non-hydrogen) atoms. The molecule has 0 N–H and O–H groups in total. The third-order valence-electron chi connectivity index (χ3n) is 3.63. The molecule has 0 aromatic rings. The van der Waals surface area contributed by atoms with E-state index >= 15 is 0 Å². The molecule has 0 aromatic heterocycles. The SMILES string of the molecule is CC1(C)OC[C@H]([C@H]2OC(Cl)(N=O)[C@H]3OC(C)(C)O[C@@H]23)O1. The van der Waals surface area contributed by atoms with Gasteiger partial charge in [0.15, 0.2) is 17.7 Å². The fourth-order valence-corrected chi connectivity index (χ4v) is 3.14. The first-order valence-electron chi connectivity index (χ1n) is 6.54. The zero-order valence-electron chi connectivity index (χ0n) is 11.8. The number of rotatable bonds is 2. The standard InChI is InChI=1S/C12H18ClNO6/c1-10(2)16-5-6(17-10)7-8-9(12(13,14-15)19-7)20-11(3,4)18-8/h6-9H,5H2,1-4H3/t6-,7-,8+,9+,12?/m1/s1. The van der Waals surface area contributed by atoms with E-state index in [4.69, 9.17) is 35.3 Å². The smallest absolute Gasteiger partial charge is 0.306 e. The molecule has 3 aliphatic rings. The Balaban J connectivity index is 1.84. The van der Waals surface area contributed by atoms with Gasteiger partial charge in [0.2, 0.25) is 0 Å². The van der Waals surface area contributed by atoms with Crippen molar-refractivity contribution in [1.29, 1.82) is 0 Å². The summed E-state index contributed by atoms with van der Waals surface area (Å²) in [7, 11) is 0. The van der Waals surface area contributed by atoms with Gasteiger partial charge in [0.05, 0.1) is 6.61 Å². The predicted octanol–water partition coefficient (Wildman–Crippen LogP) is 1.72. The van der Waals surface area contributed by atoms with Gasteiger partial charge in [-0.05, 0) is 32.9 Å². The lowest BCUT2D eigenvalue weighted by atomic mass is 10.1. The van der Waals surface area contributed by atoms with Gasteiger partial charge in [0.25, 0.3) is 0 Å². The summed E-state index contributed by atoms with van der Waals surface area (Å²) in [6, 6.07) is 0. The average Bonchev–Trinajstić information content (AvgIpc) is 2.92. The molecule has 0 saturated carbocycles. The molecule has 7 nitrogen and oxygen atoms in total. The third-order valence-corrected chi connectivity index (χ3v) is 4.00. The number of hydrogen-bond acceptors (Lipinski definition) is 7. The number of fused-ring (bicyclic) bond motifs is 1. The van der Waals surface area contributed by atoms with E-state index in [1.165, 1.54) is 0 Å². The Morgan fingerprint density at radius 1 is 1.00 bits per heavy atom. The van der Waals surface area contributed by atoms with Gasteiger partial charge in [-0.3, -0.25) is 0 Å². The zero-order chi connectivity index (χ0) is 14.8. The van der Waals surface area contributed by atoms with Crippen molar-refractivity contribution in [2.45, 2.75) is 68.9 Å². The quantitative estimate of drug-likeness (QED) is 0.439. The van der Waals surface area contributed by atoms with Crippen LogP contribution in [0.1, 0.15) is 27.7 Å². The molecule has 3 saturated heterocycles. The van der Waals surface area contributed by atoms with Gasteiger partial charge in [0, 0.05) is 0 Å². The maximum absolute atomic E-state index is 11.1. The normalized spacial score (nSPS) is 49.2. The van der Waals surface area contributed by atoms with Crippen LogP contribution in [0.5, 0.6) is 0 Å². The lowest BCUT2D eigenvalue weighted by Crippen LogP contribution is -2.40. The second kappa shape index (κ2) is 4.34. The second-order valence-corrected chi connectivity index (χ2v) is 6.71. The van der Waals surface area contributed by atoms with E-state index in [9.17, 15) is 4.91 Å². The van der Waals surface area contributed by atoms with Crippen molar-refractivity contribution < 1.29 is 23.7 Å². The van der Waals surface area contributed by atoms with E-state index in [1.54, 1.807) is 27.7 Å². The summed E-state index contributed by atoms with van der Waals surface area (Å²) in [5.41, 5.74) is 0. The predicted molar refractivity (Wildman–Crippen MR) is 68.0 cm³/mol. The number of alkyl halides is 1. The van der Waals surface area contributed by atoms with Gasteiger partial charge in [0.1, 0.15) is 18.3 Å². The molecule has 1 unspecified atom stereocenters. The molecule has 114 valence electrons. The number of hydrogen-bond donors (Lipinski definition) is 0. The molecule has 3 aliphatic heterocycles. The summed E-state index contributed by atoms with van der Waals surface area (Å²) in [6.07, 6.45) is -2.26. The van der Waals surface area contributed by atoms with Crippen LogP contribution >= 0.6 is 11.6 Å². The Hall–Kier alpha value is -0.310. The Bertz CT molecular complexity index is 430. The van der Waals surface area contributed by atoms with Crippen LogP contribution in [0.2, 0.25) is 0 Å². The summed E-state index contributed by atoms with van der Waals surface area (Å²) in [6.45, 7) is 7.44. The minimum absolute atomic E-state index is 0.330. The van der Waals surface area contributed by atoms with Crippen LogP contribution in [0.25, 0.3) is 0 Å². The van der Waals surface area contributed by atoms with Crippen LogP contribution in [-0.4, -0.2) is 47.8 Å². The molecule has 3 heterocycles. The highest BCUT2D eigenvalue weighted by Gasteiger charge is 2.66. The minimum atomic E-state index is -1.79. The molecular weight excluding hydrogens is 290 g/mol. The van der Waals surface area contributed by atoms with E-state index < -0.39 is 41.2 Å². The van der Waals surface area contributed by atoms with Gasteiger partial charge in [-0.1, -0.05) is 11.6 Å². The van der Waals surface area contributed by atoms with Crippen LogP contribution in [0.4, 0.5) is 0 Å². The first-order valence-corrected chi connectivity index (χ1v) is 6.92. The number of halogens is 1. The summed E-state index contributed by atoms with van der Waals surface area (Å²) in [5.74, 6) is -1.55. The average molecular weight is 308 g/mol. The minimum Gasteiger partial charge on any atom is -0.348 e. The largest absolute Gasteiger partial charge is 0.348 e. The second-order valence-electron chi connectivity index (χ2n) is 6.17. The summed E-state index contributed by atoms with van der Waals surface area (Å²) in [5, 5.41) is 1.09. The molecule has 0 aliphatic carbocycles. The highest BCUT2D eigenvalue weighted by atomic mass is 35.5. The Kier molecular flexibility index (Phi) is 3.18. The Morgan fingerprint density at radius 2 is 1.70 bits per heavy atom. The van der Waals surface area contributed by atoms with Crippen LogP contribution < -0.4 is 0 Å². The van der Waals surface area contributed by atoms with Gasteiger partial charge in [-0.25, -0.2) is 0 Å². The highest BCUT2D eigenvalue weighted by Crippen LogP contribution is 2.48. The fourth-order valence-electron chi connectivity index (χ4n) is 2.87. The summed E-state index contributed by atoms with van der Waals surface area (Å²) >= 11 is 6.12. The first kappa shape index (κ1) is 14.6. The molecule has 0 bridgehead atoms. The molecule has 0 aromatic carbocycles. The Morgan fingerprint density at radius 3 is 2.25 bits per heavy atom. The van der Waals surface area contributed by atoms with Crippen molar-refractivity contribution in [1.82, 2.24) is 0 Å². The molecule has 8 heteroatoms. The monoisotopic (exact) mass is 307 g/mol. The zero-order valence-corrected chi connectivity index (χ0v) is 12.5. The first-order chi connectivity index (χ1) is 9.16. The van der Waals surface area contributed by atoms with Crippen molar-refractivity contribution in [2.75, 3.05) is 6.61 Å². The van der Waals surface area contributed by atoms with Gasteiger partial charge in [-0.2, -0.15) is 0 Å². The number of ether oxygens (including phenoxy) is 5. The molecular formula is C12H18ClNO6. The molecule has 0 amide bonds. The lowest BCUT2D eigenvalue weighted by Gasteiger charge is -2.27. The maximum Gasteiger partial charge on any atom is 0.306 e. The van der Waals surface area contributed by atoms with Gasteiger partial charge in [-0.15, -0.1) is 4.91 Å². The van der Waals surface area contributed by atoms with Crippen molar-refractivity contribution in [3.8, 4) is 0 Å². The fraction of sp³-hybridized carbons (Fsp3) is 1.00. The van der Waals surface area contributed by atoms with E-state index in [0.29, 0.717) is 6.61 Å². The number of nitroso groups, excluding NO2 is 1. The van der Waals surface area contributed by atoms with E-state index in [-0.39, 0.29) is 0 Å². The Labute approximate surface area is 121 Å². The molecule has 0 radical (unpaired) electrons. The van der Waals surface area contributed by atoms with Crippen LogP contribution in [0, 0.1) is 4.91 Å². The van der Waals surface area contributed by atoms with E-state index in [1.807, 2.05) is 0 Å². The molecule has 0 spiro atoms. The lowest BCUT2D eigenvalue weighted by molar-refractivity contribution is -0.211. The van der Waals surface area contributed by atoms with Gasteiger partial charge >= 0.3 is 5.18 Å². The topological polar surface area (TPSA) is 75.6 Å². The molecule has 3 fully saturated rings. The van der Waals surface area contributed by atoms with Crippen LogP contribution in [-0.2, 0) is 23.7 Å². The van der Waals surface area contributed by atoms with Crippen molar-refractivity contribution >= 4 is 11.6 Å². The molecule has 3 rings (SSSR count). The third kappa shape index (κ3) is 2.26. The van der Waals surface area contributed by atoms with Crippen molar-refractivity contribution in [3.05, 3.63) is 4.91 Å². The summed E-state index contributed by atoms with van der Waals surface area (Å²) in [4.78, 5) is 11.1. The van der Waals surface area contributed by atoms with E-state index in [0.717, 1.165) is 0 Å². The maximum atomic E-state index is 11.1. The highest BCUT2D eigenvalue weighted by molar-refractivity contribution is 6.23. The van der Waals surface area contributed by atoms with Crippen molar-refractivity contribution in [2.24, 2.45) is 5.18 Å². The van der Waals surface area contributed by atoms with E-state index in [2.05, 4.69) is 5.18 Å². The van der Waals surface area contributed by atoms with Crippen LogP contribution in [0.3, 0.4) is 0 Å². The summed E-state index contributed by atoms with van der Waals surface area (Å²) < 4.78 is 28.3. The molecule has 5 atom stereocenters. The van der Waals surface area contributed by atoms with Gasteiger partial charge < -0.3 is 23.7 Å². The van der Waals surface area contributed by atoms with Crippen molar-refractivity contribution in [3.63, 3.8) is 0 Å².